The predicted molar refractivity (Wildman–Crippen MR) is 191 cm³/mol. The summed E-state index contributed by atoms with van der Waals surface area (Å²) in [6, 6.07) is 20.4. The van der Waals surface area contributed by atoms with E-state index in [1.807, 2.05) is 0 Å². The Morgan fingerprint density at radius 3 is 2.50 bits per heavy atom. The van der Waals surface area contributed by atoms with Crippen molar-refractivity contribution in [2.45, 2.75) is 37.2 Å². The molecular formula is C37H33N5O11S. The highest BCUT2D eigenvalue weighted by Crippen LogP contribution is 2.42. The monoisotopic (exact) mass is 755 g/mol. The molecule has 1 saturated heterocycles. The average molecular weight is 756 g/mol. The number of rotatable bonds is 15. The molecule has 1 aromatic heterocycles. The van der Waals surface area contributed by atoms with Gasteiger partial charge in [0, 0.05) is 18.4 Å². The third-order valence-electron chi connectivity index (χ3n) is 8.37. The van der Waals surface area contributed by atoms with Gasteiger partial charge in [0.1, 0.15) is 52.7 Å². The van der Waals surface area contributed by atoms with Crippen LogP contribution in [0.4, 0.5) is 5.69 Å². The molecule has 4 aromatic rings. The number of carboxylic acid groups (broad SMARTS) is 1. The van der Waals surface area contributed by atoms with Crippen LogP contribution in [0.3, 0.4) is 0 Å². The summed E-state index contributed by atoms with van der Waals surface area (Å²) in [6.45, 7) is 1.10. The molecule has 2 aliphatic rings. The Hall–Kier alpha value is -6.62. The third kappa shape index (κ3) is 8.05. The highest BCUT2D eigenvalue weighted by Gasteiger charge is 2.56. The van der Waals surface area contributed by atoms with E-state index >= 15 is 0 Å². The summed E-state index contributed by atoms with van der Waals surface area (Å²) < 4.78 is 21.8. The zero-order chi connectivity index (χ0) is 38.4. The summed E-state index contributed by atoms with van der Waals surface area (Å²) in [6.07, 6.45) is 0.243. The molecule has 6 rings (SSSR count). The van der Waals surface area contributed by atoms with E-state index in [4.69, 9.17) is 18.9 Å². The number of H-pyrrole nitrogens is 1. The number of imidazole rings is 1. The maximum atomic E-state index is 14.1. The number of nitrogens with one attached hydrogen (secondary N) is 3. The average Bonchev–Trinajstić information content (AvgIpc) is 3.65. The van der Waals surface area contributed by atoms with Crippen LogP contribution in [0.1, 0.15) is 40.3 Å². The molecule has 17 heteroatoms. The molecule has 3 aromatic carbocycles. The van der Waals surface area contributed by atoms with Gasteiger partial charge in [-0.05, 0) is 47.5 Å². The normalized spacial score (nSPS) is 17.2. The Kier molecular flexibility index (Phi) is 11.3. The van der Waals surface area contributed by atoms with Crippen LogP contribution in [-0.2, 0) is 40.1 Å². The minimum absolute atomic E-state index is 0.0176. The first-order valence-electron chi connectivity index (χ1n) is 16.3. The number of carbonyl (C=O) groups excluding carboxylic acids is 5. The zero-order valence-electron chi connectivity index (χ0n) is 28.7. The second-order valence-electron chi connectivity index (χ2n) is 11.9. The SMILES string of the molecule is COc1ccc(COC(=O)c2cnc(C(C(=O)N[C@@H]3C(=O)N4C(C(=O)O)=C(C(OC(C)=O)Oc5ccccc5)CS[C@@H]34)c3cccc(NC=O)c3)[nH]2)cc1. The highest BCUT2D eigenvalue weighted by atomic mass is 32.2. The van der Waals surface area contributed by atoms with Gasteiger partial charge in [-0.25, -0.2) is 14.6 Å². The molecule has 16 nitrogen and oxygen atoms in total. The number of aromatic amines is 1. The van der Waals surface area contributed by atoms with Crippen LogP contribution in [-0.4, -0.2) is 86.7 Å². The van der Waals surface area contributed by atoms with Crippen molar-refractivity contribution in [2.24, 2.45) is 0 Å². The standard InChI is InChI=1S/C37H33N5O11S/c1-20(44)52-37(53-25-9-4-3-5-10-25)26-18-54-34-29(33(46)42(34)30(26)35(47)48)41-32(45)28(22-7-6-8-23(15-22)39-19-43)31-38-16-27(40-31)36(49)51-17-21-11-13-24(50-2)14-12-21/h3-16,19,28-29,34,37H,17-18H2,1-2H3,(H,38,40)(H,39,43)(H,41,45)(H,47,48)/t28?,29-,34+,37?/m1/s1. The molecule has 4 N–H and O–H groups in total. The summed E-state index contributed by atoms with van der Waals surface area (Å²) in [5.74, 6) is -4.63. The number of hydrogen-bond acceptors (Lipinski definition) is 12. The van der Waals surface area contributed by atoms with Crippen molar-refractivity contribution in [1.29, 1.82) is 0 Å². The number of hydrogen-bond donors (Lipinski definition) is 4. The van der Waals surface area contributed by atoms with Crippen LogP contribution >= 0.6 is 11.8 Å². The van der Waals surface area contributed by atoms with Crippen molar-refractivity contribution in [1.82, 2.24) is 20.2 Å². The summed E-state index contributed by atoms with van der Waals surface area (Å²) >= 11 is 1.15. The van der Waals surface area contributed by atoms with Crippen molar-refractivity contribution in [3.63, 3.8) is 0 Å². The van der Waals surface area contributed by atoms with Gasteiger partial charge >= 0.3 is 17.9 Å². The fourth-order valence-corrected chi connectivity index (χ4v) is 7.20. The van der Waals surface area contributed by atoms with E-state index in [0.717, 1.165) is 23.6 Å². The summed E-state index contributed by atoms with van der Waals surface area (Å²) in [4.78, 5) is 84.7. The van der Waals surface area contributed by atoms with Crippen LogP contribution in [0.2, 0.25) is 0 Å². The molecular weight excluding hydrogens is 722 g/mol. The minimum atomic E-state index is -1.46. The molecule has 2 aliphatic heterocycles. The van der Waals surface area contributed by atoms with E-state index in [1.165, 1.54) is 19.4 Å². The second-order valence-corrected chi connectivity index (χ2v) is 13.0. The molecule has 3 amide bonds. The third-order valence-corrected chi connectivity index (χ3v) is 9.67. The number of methoxy groups -OCH3 is 1. The lowest BCUT2D eigenvalue weighted by molar-refractivity contribution is -0.158. The number of carboxylic acids is 1. The number of thioether (sulfide) groups is 1. The van der Waals surface area contributed by atoms with Crippen LogP contribution in [0.25, 0.3) is 0 Å². The molecule has 3 heterocycles. The number of carbonyl (C=O) groups is 6. The lowest BCUT2D eigenvalue weighted by Gasteiger charge is -2.50. The Bertz CT molecular complexity index is 2100. The molecule has 54 heavy (non-hydrogen) atoms. The molecule has 1 fully saturated rings. The summed E-state index contributed by atoms with van der Waals surface area (Å²) in [5, 5.41) is 14.7. The summed E-state index contributed by atoms with van der Waals surface area (Å²) in [5.41, 5.74) is 0.992. The van der Waals surface area contributed by atoms with E-state index in [0.29, 0.717) is 34.7 Å². The molecule has 0 saturated carbocycles. The van der Waals surface area contributed by atoms with Gasteiger partial charge in [0.25, 0.3) is 12.2 Å². The van der Waals surface area contributed by atoms with Gasteiger partial charge in [-0.2, -0.15) is 0 Å². The fraction of sp³-hybridized carbons (Fsp3) is 0.216. The number of anilines is 1. The topological polar surface area (TPSA) is 216 Å². The molecule has 0 bridgehead atoms. The Balaban J connectivity index is 1.23. The van der Waals surface area contributed by atoms with Crippen LogP contribution < -0.4 is 20.1 Å². The molecule has 4 atom stereocenters. The number of β-lactam (4-membered cyclic amide) rings is 1. The molecule has 278 valence electrons. The van der Waals surface area contributed by atoms with E-state index < -0.39 is 59.0 Å². The first kappa shape index (κ1) is 37.1. The minimum Gasteiger partial charge on any atom is -0.497 e. The van der Waals surface area contributed by atoms with Gasteiger partial charge in [0.2, 0.25) is 12.3 Å². The van der Waals surface area contributed by atoms with Gasteiger partial charge in [-0.3, -0.25) is 24.1 Å². The van der Waals surface area contributed by atoms with Crippen LogP contribution in [0.15, 0.2) is 96.3 Å². The Morgan fingerprint density at radius 1 is 1.06 bits per heavy atom. The fourth-order valence-electron chi connectivity index (χ4n) is 5.84. The maximum absolute atomic E-state index is 14.1. The highest BCUT2D eigenvalue weighted by molar-refractivity contribution is 8.00. The quantitative estimate of drug-likeness (QED) is 0.0595. The number of fused-ring (bicyclic) bond motifs is 1. The molecule has 0 spiro atoms. The van der Waals surface area contributed by atoms with Crippen molar-refractivity contribution < 1.29 is 52.8 Å². The van der Waals surface area contributed by atoms with E-state index in [1.54, 1.807) is 72.8 Å². The van der Waals surface area contributed by atoms with Gasteiger partial charge in [0.15, 0.2) is 0 Å². The van der Waals surface area contributed by atoms with Gasteiger partial charge in [-0.1, -0.05) is 42.5 Å². The van der Waals surface area contributed by atoms with Crippen molar-refractivity contribution in [3.05, 3.63) is 119 Å². The van der Waals surface area contributed by atoms with E-state index in [9.17, 15) is 33.9 Å². The number of para-hydroxylation sites is 1. The maximum Gasteiger partial charge on any atom is 0.356 e. The van der Waals surface area contributed by atoms with Crippen LogP contribution in [0, 0.1) is 0 Å². The number of esters is 2. The molecule has 2 unspecified atom stereocenters. The lowest BCUT2D eigenvalue weighted by atomic mass is 9.95. The van der Waals surface area contributed by atoms with Gasteiger partial charge in [0.05, 0.1) is 18.9 Å². The number of aliphatic carboxylic acids is 1. The number of aromatic nitrogens is 2. The largest absolute Gasteiger partial charge is 0.497 e. The van der Waals surface area contributed by atoms with Gasteiger partial charge in [-0.15, -0.1) is 11.8 Å². The zero-order valence-corrected chi connectivity index (χ0v) is 29.5. The molecule has 0 radical (unpaired) electrons. The first-order valence-corrected chi connectivity index (χ1v) is 17.4. The number of amides is 3. The first-order chi connectivity index (χ1) is 26.1. The Labute approximate surface area is 311 Å². The smallest absolute Gasteiger partial charge is 0.356 e. The van der Waals surface area contributed by atoms with Crippen molar-refractivity contribution >= 4 is 53.6 Å². The van der Waals surface area contributed by atoms with Crippen molar-refractivity contribution in [2.75, 3.05) is 18.2 Å². The Morgan fingerprint density at radius 2 is 1.81 bits per heavy atom. The number of benzene rings is 3. The van der Waals surface area contributed by atoms with Crippen molar-refractivity contribution in [3.8, 4) is 11.5 Å². The number of nitrogens with zero attached hydrogens (tertiary/aromatic N) is 2. The summed E-state index contributed by atoms with van der Waals surface area (Å²) in [7, 11) is 1.54. The van der Waals surface area contributed by atoms with Gasteiger partial charge < -0.3 is 39.7 Å². The lowest BCUT2D eigenvalue weighted by Crippen LogP contribution is -2.71. The van der Waals surface area contributed by atoms with E-state index in [2.05, 4.69) is 20.6 Å². The second kappa shape index (κ2) is 16.4. The van der Waals surface area contributed by atoms with Crippen LogP contribution in [0.5, 0.6) is 11.5 Å². The predicted octanol–water partition coefficient (Wildman–Crippen LogP) is 3.18. The molecule has 0 aliphatic carbocycles. The number of ether oxygens (including phenoxy) is 4. The van der Waals surface area contributed by atoms with E-state index in [-0.39, 0.29) is 29.5 Å².